The van der Waals surface area contributed by atoms with Crippen LogP contribution in [0, 0.1) is 0 Å². The van der Waals surface area contributed by atoms with Gasteiger partial charge in [-0.1, -0.05) is 12.1 Å². The normalized spacial score (nSPS) is 15.6. The largest absolute Gasteiger partial charge is 0.385 e. The van der Waals surface area contributed by atoms with Crippen LogP contribution >= 0.6 is 0 Å². The number of carbonyl (C=O) groups excluding carboxylic acids is 2. The third kappa shape index (κ3) is 3.74. The molecule has 1 saturated heterocycles. The van der Waals surface area contributed by atoms with Crippen molar-refractivity contribution in [3.63, 3.8) is 0 Å². The molecule has 0 aromatic heterocycles. The van der Waals surface area contributed by atoms with E-state index < -0.39 is 6.04 Å². The number of carbonyl (C=O) groups is 2. The number of rotatable bonds is 5. The monoisotopic (exact) mass is 289 g/mol. The Labute approximate surface area is 125 Å². The van der Waals surface area contributed by atoms with Crippen LogP contribution in [0.25, 0.3) is 0 Å². The summed E-state index contributed by atoms with van der Waals surface area (Å²) in [5, 5.41) is 5.96. The predicted octanol–water partition coefficient (Wildman–Crippen LogP) is 1.86. The highest BCUT2D eigenvalue weighted by molar-refractivity contribution is 6.01. The number of nitrogens with one attached hydrogen (secondary N) is 2. The van der Waals surface area contributed by atoms with E-state index in [4.69, 9.17) is 0 Å². The Bertz CT molecular complexity index is 510. The van der Waals surface area contributed by atoms with Gasteiger partial charge < -0.3 is 15.5 Å². The minimum atomic E-state index is -0.495. The maximum Gasteiger partial charge on any atom is 0.254 e. The predicted molar refractivity (Wildman–Crippen MR) is 83.3 cm³/mol. The lowest BCUT2D eigenvalue weighted by Crippen LogP contribution is -2.46. The first-order valence-corrected chi connectivity index (χ1v) is 7.56. The average Bonchev–Trinajstić information content (AvgIpc) is 3.01. The zero-order valence-corrected chi connectivity index (χ0v) is 12.7. The highest BCUT2D eigenvalue weighted by atomic mass is 16.2. The zero-order chi connectivity index (χ0) is 15.2. The maximum absolute atomic E-state index is 12.3. The molecule has 2 N–H and O–H groups in total. The topological polar surface area (TPSA) is 61.4 Å². The summed E-state index contributed by atoms with van der Waals surface area (Å²) in [5.41, 5.74) is 1.36. The Morgan fingerprint density at radius 2 is 1.90 bits per heavy atom. The number of benzene rings is 1. The van der Waals surface area contributed by atoms with Gasteiger partial charge in [-0.3, -0.25) is 9.59 Å². The molecule has 5 nitrogen and oxygen atoms in total. The van der Waals surface area contributed by atoms with Crippen molar-refractivity contribution >= 4 is 17.5 Å². The highest BCUT2D eigenvalue weighted by Crippen LogP contribution is 2.15. The fourth-order valence-electron chi connectivity index (χ4n) is 2.57. The van der Waals surface area contributed by atoms with E-state index in [2.05, 4.69) is 10.6 Å². The molecule has 1 atom stereocenters. The lowest BCUT2D eigenvalue weighted by Gasteiger charge is -2.21. The molecule has 1 aliphatic heterocycles. The minimum absolute atomic E-state index is 0.00165. The van der Waals surface area contributed by atoms with E-state index in [9.17, 15) is 9.59 Å². The summed E-state index contributed by atoms with van der Waals surface area (Å²) >= 11 is 0. The second kappa shape index (κ2) is 7.11. The lowest BCUT2D eigenvalue weighted by molar-refractivity contribution is -0.131. The summed E-state index contributed by atoms with van der Waals surface area (Å²) in [6.45, 7) is 6.06. The quantitative estimate of drug-likeness (QED) is 0.870. The molecule has 2 rings (SSSR count). The van der Waals surface area contributed by atoms with Crippen LogP contribution in [-0.2, 0) is 4.79 Å². The number of para-hydroxylation sites is 1. The molecule has 5 heteroatoms. The van der Waals surface area contributed by atoms with Crippen molar-refractivity contribution in [3.8, 4) is 0 Å². The first-order chi connectivity index (χ1) is 10.1. The fraction of sp³-hybridized carbons (Fsp3) is 0.500. The zero-order valence-electron chi connectivity index (χ0n) is 12.7. The van der Waals surface area contributed by atoms with E-state index in [0.717, 1.165) is 38.2 Å². The summed E-state index contributed by atoms with van der Waals surface area (Å²) in [4.78, 5) is 26.4. The molecular weight excluding hydrogens is 266 g/mol. The van der Waals surface area contributed by atoms with Gasteiger partial charge in [0, 0.05) is 25.3 Å². The van der Waals surface area contributed by atoms with E-state index in [0.29, 0.717) is 5.56 Å². The molecule has 21 heavy (non-hydrogen) atoms. The fourth-order valence-corrected chi connectivity index (χ4v) is 2.57. The number of anilines is 1. The van der Waals surface area contributed by atoms with Crippen molar-refractivity contribution in [1.29, 1.82) is 0 Å². The first-order valence-electron chi connectivity index (χ1n) is 7.56. The van der Waals surface area contributed by atoms with Gasteiger partial charge in [-0.2, -0.15) is 0 Å². The van der Waals surface area contributed by atoms with Crippen molar-refractivity contribution in [2.75, 3.05) is 25.0 Å². The lowest BCUT2D eigenvalue weighted by atomic mass is 10.1. The summed E-state index contributed by atoms with van der Waals surface area (Å²) in [7, 11) is 0. The Morgan fingerprint density at radius 1 is 1.24 bits per heavy atom. The molecule has 0 radical (unpaired) electrons. The van der Waals surface area contributed by atoms with Gasteiger partial charge in [-0.25, -0.2) is 0 Å². The van der Waals surface area contributed by atoms with Crippen molar-refractivity contribution < 1.29 is 9.59 Å². The molecule has 1 aromatic rings. The Balaban J connectivity index is 2.02. The van der Waals surface area contributed by atoms with Crippen LogP contribution in [0.1, 0.15) is 37.0 Å². The van der Waals surface area contributed by atoms with E-state index in [-0.39, 0.29) is 11.8 Å². The van der Waals surface area contributed by atoms with E-state index in [1.54, 1.807) is 13.0 Å². The number of hydrogen-bond acceptors (Lipinski definition) is 3. The standard InChI is InChI=1S/C16H23N3O2/c1-3-17-14-9-5-4-8-13(14)15(20)18-12(2)16(21)19-10-6-7-11-19/h4-5,8-9,12,17H,3,6-7,10-11H2,1-2H3,(H,18,20). The van der Waals surface area contributed by atoms with Gasteiger partial charge >= 0.3 is 0 Å². The van der Waals surface area contributed by atoms with Gasteiger partial charge in [0.05, 0.1) is 5.56 Å². The van der Waals surface area contributed by atoms with Gasteiger partial charge in [0.25, 0.3) is 5.91 Å². The number of nitrogens with zero attached hydrogens (tertiary/aromatic N) is 1. The van der Waals surface area contributed by atoms with Gasteiger partial charge in [-0.05, 0) is 38.8 Å². The van der Waals surface area contributed by atoms with E-state index in [1.165, 1.54) is 0 Å². The van der Waals surface area contributed by atoms with Crippen LogP contribution < -0.4 is 10.6 Å². The third-order valence-corrected chi connectivity index (χ3v) is 3.67. The highest BCUT2D eigenvalue weighted by Gasteiger charge is 2.25. The molecule has 1 heterocycles. The van der Waals surface area contributed by atoms with Crippen molar-refractivity contribution in [3.05, 3.63) is 29.8 Å². The van der Waals surface area contributed by atoms with Gasteiger partial charge in [0.1, 0.15) is 6.04 Å². The summed E-state index contributed by atoms with van der Waals surface area (Å²) in [5.74, 6) is -0.214. The molecule has 1 aliphatic rings. The Morgan fingerprint density at radius 3 is 2.57 bits per heavy atom. The maximum atomic E-state index is 12.3. The van der Waals surface area contributed by atoms with E-state index in [1.807, 2.05) is 30.0 Å². The van der Waals surface area contributed by atoms with Crippen LogP contribution in [0.2, 0.25) is 0 Å². The summed E-state index contributed by atoms with van der Waals surface area (Å²) in [6.07, 6.45) is 2.10. The number of likely N-dealkylation sites (tertiary alicyclic amines) is 1. The van der Waals surface area contributed by atoms with Crippen LogP contribution in [-0.4, -0.2) is 42.4 Å². The molecule has 2 amide bonds. The first kappa shape index (κ1) is 15.4. The van der Waals surface area contributed by atoms with Gasteiger partial charge in [0.15, 0.2) is 0 Å². The minimum Gasteiger partial charge on any atom is -0.385 e. The van der Waals surface area contributed by atoms with Crippen LogP contribution in [0.5, 0.6) is 0 Å². The summed E-state index contributed by atoms with van der Waals surface area (Å²) < 4.78 is 0. The molecular formula is C16H23N3O2. The number of amides is 2. The molecule has 1 fully saturated rings. The van der Waals surface area contributed by atoms with Crippen LogP contribution in [0.15, 0.2) is 24.3 Å². The molecule has 1 aromatic carbocycles. The molecule has 1 unspecified atom stereocenters. The molecule has 114 valence electrons. The van der Waals surface area contributed by atoms with Gasteiger partial charge in [0.2, 0.25) is 5.91 Å². The SMILES string of the molecule is CCNc1ccccc1C(=O)NC(C)C(=O)N1CCCC1. The second-order valence-electron chi connectivity index (χ2n) is 5.30. The average molecular weight is 289 g/mol. The Kier molecular flexibility index (Phi) is 5.20. The second-order valence-corrected chi connectivity index (χ2v) is 5.30. The van der Waals surface area contributed by atoms with E-state index >= 15 is 0 Å². The van der Waals surface area contributed by atoms with Crippen molar-refractivity contribution in [2.45, 2.75) is 32.7 Å². The van der Waals surface area contributed by atoms with Gasteiger partial charge in [-0.15, -0.1) is 0 Å². The molecule has 0 aliphatic carbocycles. The Hall–Kier alpha value is -2.04. The third-order valence-electron chi connectivity index (χ3n) is 3.67. The van der Waals surface area contributed by atoms with Crippen LogP contribution in [0.3, 0.4) is 0 Å². The molecule has 0 saturated carbocycles. The smallest absolute Gasteiger partial charge is 0.254 e. The molecule has 0 spiro atoms. The number of hydrogen-bond donors (Lipinski definition) is 2. The van der Waals surface area contributed by atoms with Crippen molar-refractivity contribution in [2.24, 2.45) is 0 Å². The van der Waals surface area contributed by atoms with Crippen molar-refractivity contribution in [1.82, 2.24) is 10.2 Å². The van der Waals surface area contributed by atoms with Crippen LogP contribution in [0.4, 0.5) is 5.69 Å². The summed E-state index contributed by atoms with van der Waals surface area (Å²) in [6, 6.07) is 6.84. The molecule has 0 bridgehead atoms.